The molecular formula is C12H12N4O. The number of aliphatic hydroxyl groups excluding tert-OH is 1. The smallest absolute Gasteiger partial charge is 0.177 e. The lowest BCUT2D eigenvalue weighted by molar-refractivity contribution is 0.295. The SMILES string of the molecule is OCCc1nnc2cc(-c3ccccc3)[nH]n12. The molecule has 5 heteroatoms. The fourth-order valence-corrected chi connectivity index (χ4v) is 1.86. The first-order valence-electron chi connectivity index (χ1n) is 5.48. The van der Waals surface area contributed by atoms with Crippen LogP contribution in [0.5, 0.6) is 0 Å². The minimum atomic E-state index is 0.0699. The standard InChI is InChI=1S/C12H12N4O/c17-7-6-11-13-14-12-8-10(15-16(11)12)9-4-2-1-3-5-9/h1-5,8,15,17H,6-7H2. The van der Waals surface area contributed by atoms with E-state index in [1.165, 1.54) is 0 Å². The predicted octanol–water partition coefficient (Wildman–Crippen LogP) is 1.26. The van der Waals surface area contributed by atoms with Crippen LogP contribution in [0.25, 0.3) is 16.9 Å². The van der Waals surface area contributed by atoms with Gasteiger partial charge in [-0.1, -0.05) is 30.3 Å². The molecular weight excluding hydrogens is 216 g/mol. The Balaban J connectivity index is 2.08. The summed E-state index contributed by atoms with van der Waals surface area (Å²) in [5.41, 5.74) is 2.87. The highest BCUT2D eigenvalue weighted by molar-refractivity contribution is 5.63. The Bertz CT molecular complexity index is 626. The van der Waals surface area contributed by atoms with E-state index in [0.717, 1.165) is 22.7 Å². The van der Waals surface area contributed by atoms with Gasteiger partial charge in [-0.25, -0.2) is 4.52 Å². The zero-order chi connectivity index (χ0) is 11.7. The van der Waals surface area contributed by atoms with Gasteiger partial charge >= 0.3 is 0 Å². The van der Waals surface area contributed by atoms with Crippen molar-refractivity contribution in [3.05, 3.63) is 42.2 Å². The van der Waals surface area contributed by atoms with Crippen LogP contribution in [0, 0.1) is 0 Å². The van der Waals surface area contributed by atoms with Gasteiger partial charge in [0.15, 0.2) is 11.5 Å². The zero-order valence-electron chi connectivity index (χ0n) is 9.17. The van der Waals surface area contributed by atoms with Crippen molar-refractivity contribution in [2.45, 2.75) is 6.42 Å². The maximum atomic E-state index is 8.93. The highest BCUT2D eigenvalue weighted by Gasteiger charge is 2.09. The molecule has 2 N–H and O–H groups in total. The van der Waals surface area contributed by atoms with Gasteiger partial charge in [0.05, 0.1) is 12.3 Å². The third-order valence-corrected chi connectivity index (χ3v) is 2.68. The molecule has 0 amide bonds. The molecule has 2 aromatic heterocycles. The summed E-state index contributed by atoms with van der Waals surface area (Å²) in [6.45, 7) is 0.0699. The summed E-state index contributed by atoms with van der Waals surface area (Å²) < 4.78 is 1.80. The van der Waals surface area contributed by atoms with E-state index in [0.29, 0.717) is 6.42 Å². The van der Waals surface area contributed by atoms with Crippen molar-refractivity contribution in [1.82, 2.24) is 19.8 Å². The van der Waals surface area contributed by atoms with E-state index in [-0.39, 0.29) is 6.61 Å². The van der Waals surface area contributed by atoms with Crippen LogP contribution in [0.1, 0.15) is 5.82 Å². The Morgan fingerprint density at radius 3 is 2.76 bits per heavy atom. The van der Waals surface area contributed by atoms with E-state index in [2.05, 4.69) is 15.3 Å². The highest BCUT2D eigenvalue weighted by atomic mass is 16.3. The minimum absolute atomic E-state index is 0.0699. The summed E-state index contributed by atoms with van der Waals surface area (Å²) in [7, 11) is 0. The molecule has 86 valence electrons. The maximum Gasteiger partial charge on any atom is 0.177 e. The average Bonchev–Trinajstić information content (AvgIpc) is 2.93. The number of H-pyrrole nitrogens is 1. The Labute approximate surface area is 97.7 Å². The number of hydrogen-bond acceptors (Lipinski definition) is 3. The van der Waals surface area contributed by atoms with Crippen LogP contribution < -0.4 is 0 Å². The number of aromatic nitrogens is 4. The van der Waals surface area contributed by atoms with Gasteiger partial charge in [0, 0.05) is 12.5 Å². The van der Waals surface area contributed by atoms with Gasteiger partial charge in [0.2, 0.25) is 0 Å². The van der Waals surface area contributed by atoms with E-state index < -0.39 is 0 Å². The molecule has 0 radical (unpaired) electrons. The average molecular weight is 228 g/mol. The molecule has 3 aromatic rings. The van der Waals surface area contributed by atoms with Crippen LogP contribution in [0.2, 0.25) is 0 Å². The van der Waals surface area contributed by atoms with Crippen molar-refractivity contribution in [2.75, 3.05) is 6.61 Å². The summed E-state index contributed by atoms with van der Waals surface area (Å²) >= 11 is 0. The van der Waals surface area contributed by atoms with Crippen molar-refractivity contribution in [3.8, 4) is 11.3 Å². The van der Waals surface area contributed by atoms with Gasteiger partial charge in [-0.3, -0.25) is 5.10 Å². The summed E-state index contributed by atoms with van der Waals surface area (Å²) in [4.78, 5) is 0. The first kappa shape index (κ1) is 10.0. The van der Waals surface area contributed by atoms with E-state index in [4.69, 9.17) is 5.11 Å². The number of nitrogens with zero attached hydrogens (tertiary/aromatic N) is 3. The highest BCUT2D eigenvalue weighted by Crippen LogP contribution is 2.18. The molecule has 0 atom stereocenters. The van der Waals surface area contributed by atoms with Gasteiger partial charge in [-0.15, -0.1) is 10.2 Å². The van der Waals surface area contributed by atoms with Crippen molar-refractivity contribution < 1.29 is 5.11 Å². The molecule has 0 bridgehead atoms. The largest absolute Gasteiger partial charge is 0.396 e. The Morgan fingerprint density at radius 2 is 2.00 bits per heavy atom. The Kier molecular flexibility index (Phi) is 2.38. The molecule has 0 saturated heterocycles. The van der Waals surface area contributed by atoms with Crippen LogP contribution in [0.3, 0.4) is 0 Å². The van der Waals surface area contributed by atoms with Crippen LogP contribution in [-0.2, 0) is 6.42 Å². The number of aromatic amines is 1. The molecule has 5 nitrogen and oxygen atoms in total. The van der Waals surface area contributed by atoms with Crippen LogP contribution >= 0.6 is 0 Å². The first-order valence-corrected chi connectivity index (χ1v) is 5.48. The molecule has 2 heterocycles. The monoisotopic (exact) mass is 228 g/mol. The quantitative estimate of drug-likeness (QED) is 0.709. The van der Waals surface area contributed by atoms with Crippen molar-refractivity contribution >= 4 is 5.65 Å². The maximum absolute atomic E-state index is 8.93. The molecule has 0 unspecified atom stereocenters. The van der Waals surface area contributed by atoms with Gasteiger partial charge in [0.25, 0.3) is 0 Å². The second kappa shape index (κ2) is 4.03. The van der Waals surface area contributed by atoms with Crippen molar-refractivity contribution in [2.24, 2.45) is 0 Å². The first-order chi connectivity index (χ1) is 8.38. The number of hydrogen-bond donors (Lipinski definition) is 2. The summed E-state index contributed by atoms with van der Waals surface area (Å²) in [5.74, 6) is 0.740. The lowest BCUT2D eigenvalue weighted by Gasteiger charge is -1.96. The molecule has 17 heavy (non-hydrogen) atoms. The minimum Gasteiger partial charge on any atom is -0.396 e. The second-order valence-electron chi connectivity index (χ2n) is 3.82. The summed E-state index contributed by atoms with van der Waals surface area (Å²) in [6.07, 6.45) is 0.496. The Morgan fingerprint density at radius 1 is 1.18 bits per heavy atom. The number of aliphatic hydroxyl groups is 1. The summed E-state index contributed by atoms with van der Waals surface area (Å²) in [5, 5.41) is 20.2. The molecule has 0 saturated carbocycles. The lowest BCUT2D eigenvalue weighted by atomic mass is 10.2. The normalized spacial score (nSPS) is 11.1. The predicted molar refractivity (Wildman–Crippen MR) is 63.6 cm³/mol. The number of fused-ring (bicyclic) bond motifs is 1. The zero-order valence-corrected chi connectivity index (χ0v) is 9.17. The van der Waals surface area contributed by atoms with E-state index in [1.807, 2.05) is 36.4 Å². The van der Waals surface area contributed by atoms with E-state index >= 15 is 0 Å². The van der Waals surface area contributed by atoms with Crippen LogP contribution in [0.15, 0.2) is 36.4 Å². The molecule has 0 aliphatic heterocycles. The topological polar surface area (TPSA) is 66.2 Å². The van der Waals surface area contributed by atoms with Gasteiger partial charge in [-0.2, -0.15) is 0 Å². The van der Waals surface area contributed by atoms with Crippen molar-refractivity contribution in [3.63, 3.8) is 0 Å². The van der Waals surface area contributed by atoms with Crippen LogP contribution in [-0.4, -0.2) is 31.5 Å². The van der Waals surface area contributed by atoms with E-state index in [1.54, 1.807) is 4.52 Å². The fraction of sp³-hybridized carbons (Fsp3) is 0.167. The summed E-state index contributed by atoms with van der Waals surface area (Å²) in [6, 6.07) is 12.0. The van der Waals surface area contributed by atoms with E-state index in [9.17, 15) is 0 Å². The number of benzene rings is 1. The van der Waals surface area contributed by atoms with Gasteiger partial charge in [0.1, 0.15) is 0 Å². The van der Waals surface area contributed by atoms with Crippen molar-refractivity contribution in [1.29, 1.82) is 0 Å². The third-order valence-electron chi connectivity index (χ3n) is 2.68. The van der Waals surface area contributed by atoms with Gasteiger partial charge in [-0.05, 0) is 5.56 Å². The molecule has 0 spiro atoms. The molecule has 1 aromatic carbocycles. The van der Waals surface area contributed by atoms with Gasteiger partial charge < -0.3 is 5.11 Å². The molecule has 3 rings (SSSR count). The number of nitrogens with one attached hydrogen (secondary N) is 1. The Hall–Kier alpha value is -2.14. The molecule has 0 aliphatic carbocycles. The second-order valence-corrected chi connectivity index (χ2v) is 3.82. The lowest BCUT2D eigenvalue weighted by Crippen LogP contribution is -1.99. The number of rotatable bonds is 3. The van der Waals surface area contributed by atoms with Crippen LogP contribution in [0.4, 0.5) is 0 Å². The molecule has 0 aliphatic rings. The third kappa shape index (κ3) is 1.70. The molecule has 0 fully saturated rings. The fourth-order valence-electron chi connectivity index (χ4n) is 1.86.